The van der Waals surface area contributed by atoms with E-state index in [-0.39, 0.29) is 21.4 Å². The van der Waals surface area contributed by atoms with Crippen molar-refractivity contribution in [3.63, 3.8) is 0 Å². The Morgan fingerprint density at radius 3 is 2.48 bits per heavy atom. The van der Waals surface area contributed by atoms with Crippen LogP contribution in [0.1, 0.15) is 37.5 Å². The molecule has 0 spiro atoms. The maximum absolute atomic E-state index is 13.8. The molecule has 1 aromatic heterocycles. The average Bonchev–Trinajstić information content (AvgIpc) is 3.03. The Hall–Kier alpha value is -2.70. The van der Waals surface area contributed by atoms with E-state index in [0.717, 1.165) is 18.4 Å². The van der Waals surface area contributed by atoms with Crippen LogP contribution in [0.2, 0.25) is 18.1 Å². The van der Waals surface area contributed by atoms with Crippen LogP contribution in [0.4, 0.5) is 4.39 Å². The van der Waals surface area contributed by atoms with Gasteiger partial charge in [-0.2, -0.15) is 5.26 Å². The van der Waals surface area contributed by atoms with Gasteiger partial charge in [0.25, 0.3) is 0 Å². The van der Waals surface area contributed by atoms with Gasteiger partial charge in [0.05, 0.1) is 23.4 Å². The first-order chi connectivity index (χ1) is 14.2. The van der Waals surface area contributed by atoms with Crippen LogP contribution in [0.3, 0.4) is 0 Å². The number of halogens is 1. The van der Waals surface area contributed by atoms with E-state index in [1.165, 1.54) is 12.3 Å². The van der Waals surface area contributed by atoms with Crippen molar-refractivity contribution in [2.75, 3.05) is 6.26 Å². The zero-order valence-electron chi connectivity index (χ0n) is 18.4. The molecular weight excluding hydrogens is 435 g/mol. The van der Waals surface area contributed by atoms with Crippen LogP contribution in [0.5, 0.6) is 11.5 Å². The van der Waals surface area contributed by atoms with E-state index < -0.39 is 24.0 Å². The quantitative estimate of drug-likeness (QED) is 0.569. The molecule has 1 aliphatic carbocycles. The number of aromatic nitrogens is 1. The highest BCUT2D eigenvalue weighted by molar-refractivity contribution is 7.90. The summed E-state index contributed by atoms with van der Waals surface area (Å²) < 4.78 is 51.0. The fraction of sp³-hybridized carbons (Fsp3) is 0.364. The summed E-state index contributed by atoms with van der Waals surface area (Å²) in [4.78, 5) is 4.15. The minimum Gasteiger partial charge on any atom is -0.543 e. The van der Waals surface area contributed by atoms with E-state index in [4.69, 9.17) is 14.4 Å². The lowest BCUT2D eigenvalue weighted by atomic mass is 10.1. The van der Waals surface area contributed by atoms with Crippen LogP contribution < -0.4 is 4.74 Å². The molecule has 0 fully saturated rings. The summed E-state index contributed by atoms with van der Waals surface area (Å²) in [5.41, 5.74) is 1.11. The molecule has 0 bridgehead atoms. The largest absolute Gasteiger partial charge is 0.543 e. The number of ether oxygens (including phenoxy) is 1. The van der Waals surface area contributed by atoms with Crippen molar-refractivity contribution in [1.29, 1.82) is 5.26 Å². The standard InChI is InChI=1S/C22H25FN2O4SSi/c1-22(2,3)31(5,6)29-18-8-7-17-19(13-25-21(20(17)18)30(4,26)27)28-16-10-14(12-24)9-15(23)11-16/h8-11,13H,7H2,1-6H3. The highest BCUT2D eigenvalue weighted by Gasteiger charge is 2.41. The molecule has 0 aliphatic heterocycles. The minimum atomic E-state index is -3.63. The lowest BCUT2D eigenvalue weighted by molar-refractivity contribution is 0.453. The smallest absolute Gasteiger partial charge is 0.250 e. The summed E-state index contributed by atoms with van der Waals surface area (Å²) in [7, 11) is -5.88. The number of nitrogens with zero attached hydrogens (tertiary/aromatic N) is 2. The molecule has 31 heavy (non-hydrogen) atoms. The number of rotatable bonds is 5. The molecule has 0 saturated carbocycles. The highest BCUT2D eigenvalue weighted by Crippen LogP contribution is 2.44. The van der Waals surface area contributed by atoms with Gasteiger partial charge in [0.1, 0.15) is 23.1 Å². The first kappa shape index (κ1) is 23.0. The lowest BCUT2D eigenvalue weighted by Gasteiger charge is -2.37. The Balaban J connectivity index is 2.10. The molecule has 1 aromatic carbocycles. The van der Waals surface area contributed by atoms with Gasteiger partial charge in [0.2, 0.25) is 8.32 Å². The average molecular weight is 461 g/mol. The van der Waals surface area contributed by atoms with E-state index >= 15 is 0 Å². The zero-order valence-corrected chi connectivity index (χ0v) is 20.2. The summed E-state index contributed by atoms with van der Waals surface area (Å²) >= 11 is 0. The summed E-state index contributed by atoms with van der Waals surface area (Å²) in [6.07, 6.45) is 4.64. The Morgan fingerprint density at radius 2 is 1.90 bits per heavy atom. The molecule has 0 N–H and O–H groups in total. The molecule has 0 atom stereocenters. The maximum Gasteiger partial charge on any atom is 0.250 e. The second kappa shape index (κ2) is 7.77. The molecule has 1 aliphatic rings. The van der Waals surface area contributed by atoms with Gasteiger partial charge in [-0.1, -0.05) is 20.8 Å². The van der Waals surface area contributed by atoms with Gasteiger partial charge in [-0.15, -0.1) is 0 Å². The van der Waals surface area contributed by atoms with Gasteiger partial charge in [-0.25, -0.2) is 17.8 Å². The van der Waals surface area contributed by atoms with Gasteiger partial charge >= 0.3 is 0 Å². The Morgan fingerprint density at radius 1 is 1.23 bits per heavy atom. The van der Waals surface area contributed by atoms with E-state index in [1.54, 1.807) is 0 Å². The second-order valence-corrected chi connectivity index (χ2v) is 15.7. The van der Waals surface area contributed by atoms with Gasteiger partial charge < -0.3 is 9.16 Å². The van der Waals surface area contributed by atoms with Crippen molar-refractivity contribution in [3.8, 4) is 17.6 Å². The van der Waals surface area contributed by atoms with E-state index in [9.17, 15) is 12.8 Å². The predicted octanol–water partition coefficient (Wildman–Crippen LogP) is 5.21. The van der Waals surface area contributed by atoms with Crippen molar-refractivity contribution in [3.05, 3.63) is 53.0 Å². The Bertz CT molecular complexity index is 1230. The van der Waals surface area contributed by atoms with Crippen molar-refractivity contribution in [2.24, 2.45) is 0 Å². The van der Waals surface area contributed by atoms with E-state index in [2.05, 4.69) is 38.8 Å². The van der Waals surface area contributed by atoms with Crippen LogP contribution in [0, 0.1) is 17.1 Å². The third-order valence-electron chi connectivity index (χ3n) is 5.60. The van der Waals surface area contributed by atoms with Crippen LogP contribution in [0.25, 0.3) is 5.76 Å². The SMILES string of the molecule is CC(C)(C)[Si](C)(C)OC1=CCc2c(Oc3cc(F)cc(C#N)c3)cnc(S(C)(=O)=O)c21. The van der Waals surface area contributed by atoms with Gasteiger partial charge in [0.15, 0.2) is 14.9 Å². The normalized spacial score (nSPS) is 13.9. The number of benzene rings is 1. The van der Waals surface area contributed by atoms with Crippen molar-refractivity contribution >= 4 is 23.9 Å². The summed E-state index contributed by atoms with van der Waals surface area (Å²) in [6.45, 7) is 10.5. The van der Waals surface area contributed by atoms with Crippen LogP contribution >= 0.6 is 0 Å². The molecular formula is C22H25FN2O4SSi. The topological polar surface area (TPSA) is 89.3 Å². The van der Waals surface area contributed by atoms with E-state index in [0.29, 0.717) is 29.1 Å². The molecule has 0 saturated heterocycles. The van der Waals surface area contributed by atoms with Crippen molar-refractivity contribution in [1.82, 2.24) is 4.98 Å². The van der Waals surface area contributed by atoms with Crippen LogP contribution in [-0.2, 0) is 20.7 Å². The number of hydrogen-bond acceptors (Lipinski definition) is 6. The van der Waals surface area contributed by atoms with Gasteiger partial charge in [-0.05, 0) is 42.8 Å². The summed E-state index contributed by atoms with van der Waals surface area (Å²) in [5, 5.41) is 8.91. The number of pyridine rings is 1. The Labute approximate surface area is 183 Å². The molecule has 9 heteroatoms. The first-order valence-corrected chi connectivity index (χ1v) is 14.5. The number of allylic oxidation sites excluding steroid dienone is 1. The summed E-state index contributed by atoms with van der Waals surface area (Å²) in [6, 6.07) is 5.56. The molecule has 3 rings (SSSR count). The third-order valence-corrected chi connectivity index (χ3v) is 11.0. The van der Waals surface area contributed by atoms with Crippen LogP contribution in [-0.4, -0.2) is 28.0 Å². The number of nitriles is 1. The summed E-state index contributed by atoms with van der Waals surface area (Å²) in [5.74, 6) is 0.303. The maximum atomic E-state index is 13.8. The monoisotopic (exact) mass is 460 g/mol. The third kappa shape index (κ3) is 4.65. The molecule has 0 unspecified atom stereocenters. The molecule has 0 amide bonds. The molecule has 6 nitrogen and oxygen atoms in total. The number of sulfone groups is 1. The van der Waals surface area contributed by atoms with E-state index in [1.807, 2.05) is 12.1 Å². The molecule has 164 valence electrons. The minimum absolute atomic E-state index is 0.0748. The van der Waals surface area contributed by atoms with Gasteiger partial charge in [0, 0.05) is 17.9 Å². The second-order valence-electron chi connectivity index (χ2n) is 9.08. The zero-order chi connectivity index (χ0) is 23.2. The Kier molecular flexibility index (Phi) is 5.76. The highest BCUT2D eigenvalue weighted by atomic mass is 32.2. The molecule has 1 heterocycles. The lowest BCUT2D eigenvalue weighted by Crippen LogP contribution is -2.40. The van der Waals surface area contributed by atoms with Crippen molar-refractivity contribution in [2.45, 2.75) is 50.4 Å². The number of fused-ring (bicyclic) bond motifs is 1. The first-order valence-electron chi connectivity index (χ1n) is 9.73. The van der Waals surface area contributed by atoms with Crippen LogP contribution in [0.15, 0.2) is 35.5 Å². The number of hydrogen-bond donors (Lipinski definition) is 0. The molecule has 2 aromatic rings. The fourth-order valence-corrected chi connectivity index (χ4v) is 4.85. The fourth-order valence-electron chi connectivity index (χ4n) is 2.97. The van der Waals surface area contributed by atoms with Gasteiger partial charge in [-0.3, -0.25) is 0 Å². The predicted molar refractivity (Wildman–Crippen MR) is 118 cm³/mol. The molecule has 0 radical (unpaired) electrons. The van der Waals surface area contributed by atoms with Crippen molar-refractivity contribution < 1.29 is 22.0 Å².